The lowest BCUT2D eigenvalue weighted by atomic mass is 10.3. The van der Waals surface area contributed by atoms with Crippen molar-refractivity contribution in [2.75, 3.05) is 25.6 Å². The number of rotatable bonds is 3. The molecule has 1 unspecified atom stereocenters. The summed E-state index contributed by atoms with van der Waals surface area (Å²) in [7, 11) is -3.85. The lowest BCUT2D eigenvalue weighted by Crippen LogP contribution is -2.46. The summed E-state index contributed by atoms with van der Waals surface area (Å²) in [4.78, 5) is -0.328. The highest BCUT2D eigenvalue weighted by Crippen LogP contribution is 2.24. The maximum atomic E-state index is 13.8. The monoisotopic (exact) mass is 371 g/mol. The van der Waals surface area contributed by atoms with E-state index in [2.05, 4.69) is 15.9 Å². The van der Waals surface area contributed by atoms with E-state index >= 15 is 0 Å². The van der Waals surface area contributed by atoms with E-state index in [9.17, 15) is 12.8 Å². The van der Waals surface area contributed by atoms with Crippen molar-refractivity contribution in [3.63, 3.8) is 0 Å². The van der Waals surface area contributed by atoms with Gasteiger partial charge in [0.15, 0.2) is 0 Å². The minimum Gasteiger partial charge on any atom is -0.374 e. The Labute approximate surface area is 124 Å². The zero-order valence-corrected chi connectivity index (χ0v) is 13.0. The van der Waals surface area contributed by atoms with Gasteiger partial charge in [0.05, 0.1) is 12.7 Å². The summed E-state index contributed by atoms with van der Waals surface area (Å²) in [6.07, 6.45) is -0.358. The van der Waals surface area contributed by atoms with Gasteiger partial charge in [-0.15, -0.1) is 11.6 Å². The van der Waals surface area contributed by atoms with Gasteiger partial charge in [-0.05, 0) is 18.2 Å². The predicted molar refractivity (Wildman–Crippen MR) is 73.3 cm³/mol. The fraction of sp³-hybridized carbons (Fsp3) is 0.455. The van der Waals surface area contributed by atoms with Crippen LogP contribution in [0.5, 0.6) is 0 Å². The average molecular weight is 373 g/mol. The van der Waals surface area contributed by atoms with Crippen LogP contribution < -0.4 is 0 Å². The summed E-state index contributed by atoms with van der Waals surface area (Å²) >= 11 is 8.76. The van der Waals surface area contributed by atoms with Crippen LogP contribution in [0.25, 0.3) is 0 Å². The Morgan fingerprint density at radius 2 is 2.26 bits per heavy atom. The summed E-state index contributed by atoms with van der Waals surface area (Å²) in [5.74, 6) is -0.572. The molecule has 0 aliphatic carbocycles. The zero-order valence-electron chi connectivity index (χ0n) is 9.85. The fourth-order valence-electron chi connectivity index (χ4n) is 1.83. The first-order chi connectivity index (χ1) is 8.95. The first kappa shape index (κ1) is 15.2. The number of hydrogen-bond acceptors (Lipinski definition) is 3. The molecule has 1 fully saturated rings. The van der Waals surface area contributed by atoms with Crippen LogP contribution in [0, 0.1) is 5.82 Å². The van der Waals surface area contributed by atoms with Crippen molar-refractivity contribution in [3.8, 4) is 0 Å². The number of sulfonamides is 1. The normalized spacial score (nSPS) is 21.5. The Kier molecular flexibility index (Phi) is 4.84. The lowest BCUT2D eigenvalue weighted by molar-refractivity contribution is 0.0121. The minimum atomic E-state index is -3.85. The highest BCUT2D eigenvalue weighted by atomic mass is 79.9. The van der Waals surface area contributed by atoms with Crippen molar-refractivity contribution in [3.05, 3.63) is 28.5 Å². The molecule has 0 amide bonds. The molecule has 1 saturated heterocycles. The molecule has 106 valence electrons. The Balaban J connectivity index is 2.31. The molecule has 0 radical (unpaired) electrons. The van der Waals surface area contributed by atoms with E-state index in [0.717, 1.165) is 6.07 Å². The lowest BCUT2D eigenvalue weighted by Gasteiger charge is -2.31. The summed E-state index contributed by atoms with van der Waals surface area (Å²) in [5.41, 5.74) is 0. The van der Waals surface area contributed by atoms with Crippen molar-refractivity contribution in [2.45, 2.75) is 11.0 Å². The molecule has 1 heterocycles. The molecule has 19 heavy (non-hydrogen) atoms. The molecule has 2 rings (SSSR count). The molecule has 1 aliphatic heterocycles. The maximum Gasteiger partial charge on any atom is 0.246 e. The molecule has 1 aromatic rings. The molecule has 0 N–H and O–H groups in total. The average Bonchev–Trinajstić information content (AvgIpc) is 2.38. The van der Waals surface area contributed by atoms with Crippen molar-refractivity contribution < 1.29 is 17.5 Å². The van der Waals surface area contributed by atoms with Gasteiger partial charge in [0.1, 0.15) is 10.7 Å². The van der Waals surface area contributed by atoms with Gasteiger partial charge in [-0.2, -0.15) is 4.31 Å². The fourth-order valence-corrected chi connectivity index (χ4v) is 3.85. The van der Waals surface area contributed by atoms with Crippen LogP contribution in [0.2, 0.25) is 0 Å². The first-order valence-electron chi connectivity index (χ1n) is 5.58. The molecule has 8 heteroatoms. The third kappa shape index (κ3) is 3.28. The van der Waals surface area contributed by atoms with E-state index in [0.29, 0.717) is 4.47 Å². The Bertz CT molecular complexity index is 569. The van der Waals surface area contributed by atoms with Crippen LogP contribution in [-0.2, 0) is 14.8 Å². The molecular weight excluding hydrogens is 361 g/mol. The number of benzene rings is 1. The van der Waals surface area contributed by atoms with Crippen LogP contribution in [-0.4, -0.2) is 44.4 Å². The first-order valence-corrected chi connectivity index (χ1v) is 8.34. The van der Waals surface area contributed by atoms with Crippen LogP contribution >= 0.6 is 27.5 Å². The second kappa shape index (κ2) is 6.05. The number of nitrogens with zero attached hydrogens (tertiary/aromatic N) is 1. The Morgan fingerprint density at radius 1 is 1.53 bits per heavy atom. The third-order valence-corrected chi connectivity index (χ3v) is 5.52. The van der Waals surface area contributed by atoms with Gasteiger partial charge in [0, 0.05) is 23.4 Å². The highest BCUT2D eigenvalue weighted by molar-refractivity contribution is 9.10. The van der Waals surface area contributed by atoms with Crippen LogP contribution in [0.3, 0.4) is 0 Å². The van der Waals surface area contributed by atoms with E-state index in [-0.39, 0.29) is 36.6 Å². The molecule has 0 saturated carbocycles. The number of halogens is 3. The topological polar surface area (TPSA) is 46.6 Å². The standard InChI is InChI=1S/C11H12BrClFNO3S/c12-8-1-2-11(10(14)5-8)19(16,17)15-3-4-18-9(6-13)7-15/h1-2,5,9H,3-4,6-7H2. The minimum absolute atomic E-state index is 0.140. The van der Waals surface area contributed by atoms with Gasteiger partial charge in [0.2, 0.25) is 10.0 Å². The van der Waals surface area contributed by atoms with E-state index < -0.39 is 15.8 Å². The summed E-state index contributed by atoms with van der Waals surface area (Å²) in [5, 5.41) is 0. The second-order valence-corrected chi connectivity index (χ2v) is 7.22. The van der Waals surface area contributed by atoms with E-state index in [1.54, 1.807) is 0 Å². The van der Waals surface area contributed by atoms with E-state index in [1.165, 1.54) is 16.4 Å². The molecule has 0 bridgehead atoms. The summed E-state index contributed by atoms with van der Waals surface area (Å²) in [6, 6.07) is 3.88. The van der Waals surface area contributed by atoms with Crippen LogP contribution in [0.1, 0.15) is 0 Å². The third-order valence-electron chi connectivity index (χ3n) is 2.79. The van der Waals surface area contributed by atoms with E-state index in [4.69, 9.17) is 16.3 Å². The van der Waals surface area contributed by atoms with Gasteiger partial charge in [-0.3, -0.25) is 0 Å². The van der Waals surface area contributed by atoms with Gasteiger partial charge in [0.25, 0.3) is 0 Å². The number of ether oxygens (including phenoxy) is 1. The summed E-state index contributed by atoms with van der Waals surface area (Å²) in [6.45, 7) is 0.599. The van der Waals surface area contributed by atoms with Gasteiger partial charge in [-0.25, -0.2) is 12.8 Å². The zero-order chi connectivity index (χ0) is 14.0. The highest BCUT2D eigenvalue weighted by Gasteiger charge is 2.32. The van der Waals surface area contributed by atoms with Crippen molar-refractivity contribution in [1.29, 1.82) is 0 Å². The van der Waals surface area contributed by atoms with Crippen molar-refractivity contribution in [2.24, 2.45) is 0 Å². The molecule has 4 nitrogen and oxygen atoms in total. The molecule has 0 aromatic heterocycles. The van der Waals surface area contributed by atoms with Crippen LogP contribution in [0.15, 0.2) is 27.6 Å². The van der Waals surface area contributed by atoms with E-state index in [1.807, 2.05) is 0 Å². The SMILES string of the molecule is O=S(=O)(c1ccc(Br)cc1F)N1CCOC(CCl)C1. The maximum absolute atomic E-state index is 13.8. The smallest absolute Gasteiger partial charge is 0.246 e. The molecule has 1 atom stereocenters. The van der Waals surface area contributed by atoms with Crippen molar-refractivity contribution in [1.82, 2.24) is 4.31 Å². The number of alkyl halides is 1. The number of morpholine rings is 1. The van der Waals surface area contributed by atoms with Crippen molar-refractivity contribution >= 4 is 37.6 Å². The summed E-state index contributed by atoms with van der Waals surface area (Å²) < 4.78 is 45.5. The van der Waals surface area contributed by atoms with Gasteiger partial charge >= 0.3 is 0 Å². The predicted octanol–water partition coefficient (Wildman–Crippen LogP) is 2.22. The van der Waals surface area contributed by atoms with Gasteiger partial charge in [-0.1, -0.05) is 15.9 Å². The molecular formula is C11H12BrClFNO3S. The second-order valence-electron chi connectivity index (χ2n) is 4.08. The molecule has 1 aromatic carbocycles. The Hall–Kier alpha value is -0.210. The molecule has 0 spiro atoms. The Morgan fingerprint density at radius 3 is 2.89 bits per heavy atom. The van der Waals surface area contributed by atoms with Crippen LogP contribution in [0.4, 0.5) is 4.39 Å². The quantitative estimate of drug-likeness (QED) is 0.764. The largest absolute Gasteiger partial charge is 0.374 e. The molecule has 1 aliphatic rings. The van der Waals surface area contributed by atoms with Gasteiger partial charge < -0.3 is 4.74 Å². The number of hydrogen-bond donors (Lipinski definition) is 0.